The third-order valence-electron chi connectivity index (χ3n) is 5.39. The molecule has 0 unspecified atom stereocenters. The molecule has 0 fully saturated rings. The fraction of sp³-hybridized carbons (Fsp3) is 0.318. The van der Waals surface area contributed by atoms with Gasteiger partial charge in [-0.25, -0.2) is 0 Å². The second-order valence-electron chi connectivity index (χ2n) is 7.23. The van der Waals surface area contributed by atoms with Gasteiger partial charge in [-0.3, -0.25) is 4.90 Å². The molecule has 8 heteroatoms. The molecule has 2 heterocycles. The van der Waals surface area contributed by atoms with Gasteiger partial charge in [-0.1, -0.05) is 18.2 Å². The van der Waals surface area contributed by atoms with Crippen LogP contribution in [0.4, 0.5) is 17.6 Å². The highest BCUT2D eigenvalue weighted by molar-refractivity contribution is 5.53. The second kappa shape index (κ2) is 8.54. The van der Waals surface area contributed by atoms with E-state index < -0.39 is 0 Å². The summed E-state index contributed by atoms with van der Waals surface area (Å²) >= 11 is 0. The lowest BCUT2D eigenvalue weighted by Gasteiger charge is -2.35. The Hall–Kier alpha value is -3.39. The summed E-state index contributed by atoms with van der Waals surface area (Å²) in [5.74, 6) is 2.79. The van der Waals surface area contributed by atoms with E-state index in [1.54, 1.807) is 14.2 Å². The third-order valence-corrected chi connectivity index (χ3v) is 5.39. The van der Waals surface area contributed by atoms with E-state index in [0.717, 1.165) is 30.2 Å². The summed E-state index contributed by atoms with van der Waals surface area (Å²) < 4.78 is 10.9. The number of methoxy groups -OCH3 is 2. The van der Waals surface area contributed by atoms with Crippen molar-refractivity contribution < 1.29 is 9.47 Å². The Bertz CT molecular complexity index is 1030. The molecule has 0 bridgehead atoms. The van der Waals surface area contributed by atoms with Crippen LogP contribution >= 0.6 is 0 Å². The number of nitrogens with two attached hydrogens (primary N) is 1. The molecule has 0 saturated heterocycles. The molecular formula is C22H26N6O2. The average molecular weight is 406 g/mol. The fourth-order valence-electron chi connectivity index (χ4n) is 3.81. The highest BCUT2D eigenvalue weighted by atomic mass is 16.5. The number of benzene rings is 2. The summed E-state index contributed by atoms with van der Waals surface area (Å²) in [5, 5.41) is 3.19. The van der Waals surface area contributed by atoms with E-state index in [9.17, 15) is 0 Å². The van der Waals surface area contributed by atoms with Crippen LogP contribution in [0.15, 0.2) is 42.5 Å². The molecular weight excluding hydrogens is 380 g/mol. The monoisotopic (exact) mass is 406 g/mol. The van der Waals surface area contributed by atoms with Gasteiger partial charge in [0.25, 0.3) is 0 Å². The van der Waals surface area contributed by atoms with E-state index in [1.165, 1.54) is 11.1 Å². The molecule has 0 spiro atoms. The lowest BCUT2D eigenvalue weighted by molar-refractivity contribution is 0.184. The smallest absolute Gasteiger partial charge is 0.232 e. The molecule has 0 saturated carbocycles. The van der Waals surface area contributed by atoms with Gasteiger partial charge in [0.1, 0.15) is 5.82 Å². The summed E-state index contributed by atoms with van der Waals surface area (Å²) in [6.45, 7) is 3.64. The molecule has 0 amide bonds. The maximum atomic E-state index is 5.95. The van der Waals surface area contributed by atoms with Gasteiger partial charge in [0.2, 0.25) is 11.9 Å². The van der Waals surface area contributed by atoms with Gasteiger partial charge in [0.15, 0.2) is 11.5 Å². The number of nitrogen functional groups attached to an aromatic ring is 1. The molecule has 1 aliphatic rings. The van der Waals surface area contributed by atoms with Gasteiger partial charge in [0.05, 0.1) is 20.8 Å². The van der Waals surface area contributed by atoms with Gasteiger partial charge in [-0.05, 0) is 48.7 Å². The molecule has 3 aromatic rings. The largest absolute Gasteiger partial charge is 0.493 e. The Labute approximate surface area is 176 Å². The molecule has 3 N–H and O–H groups in total. The first kappa shape index (κ1) is 19.9. The third kappa shape index (κ3) is 4.13. The van der Waals surface area contributed by atoms with E-state index in [2.05, 4.69) is 44.2 Å². The SMILES string of the molecule is COc1cc2c(cc1OC)[C@H](C)N(Cc1nc(N)nc(Nc3ccccc3)n1)CC2. The molecule has 0 radical (unpaired) electrons. The van der Waals surface area contributed by atoms with Crippen molar-refractivity contribution in [1.29, 1.82) is 0 Å². The van der Waals surface area contributed by atoms with E-state index in [0.29, 0.717) is 18.3 Å². The Morgan fingerprint density at radius 1 is 1.07 bits per heavy atom. The Morgan fingerprint density at radius 2 is 1.80 bits per heavy atom. The van der Waals surface area contributed by atoms with Gasteiger partial charge < -0.3 is 20.5 Å². The normalized spacial score (nSPS) is 16.0. The van der Waals surface area contributed by atoms with Crippen molar-refractivity contribution >= 4 is 17.6 Å². The van der Waals surface area contributed by atoms with E-state index >= 15 is 0 Å². The number of rotatable bonds is 6. The van der Waals surface area contributed by atoms with Crippen molar-refractivity contribution in [3.8, 4) is 11.5 Å². The lowest BCUT2D eigenvalue weighted by Crippen LogP contribution is -2.34. The maximum Gasteiger partial charge on any atom is 0.232 e. The van der Waals surface area contributed by atoms with Crippen LogP contribution in [0.3, 0.4) is 0 Å². The molecule has 1 aromatic heterocycles. The lowest BCUT2D eigenvalue weighted by atomic mass is 9.93. The Morgan fingerprint density at radius 3 is 2.53 bits per heavy atom. The quantitative estimate of drug-likeness (QED) is 0.643. The van der Waals surface area contributed by atoms with Crippen molar-refractivity contribution in [2.45, 2.75) is 25.9 Å². The number of nitrogens with zero attached hydrogens (tertiary/aromatic N) is 4. The number of aromatic nitrogens is 3. The Kier molecular flexibility index (Phi) is 5.67. The van der Waals surface area contributed by atoms with Crippen molar-refractivity contribution in [1.82, 2.24) is 19.9 Å². The standard InChI is InChI=1S/C22H26N6O2/c1-14-17-12-19(30-3)18(29-2)11-15(17)9-10-28(14)13-20-25-21(23)27-22(26-20)24-16-7-5-4-6-8-16/h4-8,11-12,14H,9-10,13H2,1-3H3,(H3,23,24,25,26,27)/t14-/m0/s1. The van der Waals surface area contributed by atoms with Crippen molar-refractivity contribution in [3.63, 3.8) is 0 Å². The molecule has 30 heavy (non-hydrogen) atoms. The summed E-state index contributed by atoms with van der Waals surface area (Å²) in [6.07, 6.45) is 0.912. The number of hydrogen-bond donors (Lipinski definition) is 2. The minimum Gasteiger partial charge on any atom is -0.493 e. The first-order chi connectivity index (χ1) is 14.6. The number of nitrogens with one attached hydrogen (secondary N) is 1. The van der Waals surface area contributed by atoms with E-state index in [1.807, 2.05) is 30.3 Å². The first-order valence-electron chi connectivity index (χ1n) is 9.88. The van der Waals surface area contributed by atoms with E-state index in [-0.39, 0.29) is 12.0 Å². The van der Waals surface area contributed by atoms with Crippen LogP contribution in [0.25, 0.3) is 0 Å². The topological polar surface area (TPSA) is 98.4 Å². The summed E-state index contributed by atoms with van der Waals surface area (Å²) in [6, 6.07) is 14.1. The average Bonchev–Trinajstić information content (AvgIpc) is 2.75. The van der Waals surface area contributed by atoms with Crippen molar-refractivity contribution in [2.24, 2.45) is 0 Å². The van der Waals surface area contributed by atoms with Crippen LogP contribution in [-0.2, 0) is 13.0 Å². The second-order valence-corrected chi connectivity index (χ2v) is 7.23. The number of ether oxygens (including phenoxy) is 2. The Balaban J connectivity index is 1.55. The highest BCUT2D eigenvalue weighted by Crippen LogP contribution is 2.38. The van der Waals surface area contributed by atoms with Gasteiger partial charge in [-0.15, -0.1) is 0 Å². The molecule has 4 rings (SSSR count). The number of hydrogen-bond acceptors (Lipinski definition) is 8. The first-order valence-corrected chi connectivity index (χ1v) is 9.88. The van der Waals surface area contributed by atoms with Crippen LogP contribution in [0.1, 0.15) is 29.9 Å². The zero-order valence-corrected chi connectivity index (χ0v) is 17.4. The zero-order chi connectivity index (χ0) is 21.1. The predicted molar refractivity (Wildman–Crippen MR) is 116 cm³/mol. The summed E-state index contributed by atoms with van der Waals surface area (Å²) in [5.41, 5.74) is 9.35. The molecule has 0 aliphatic carbocycles. The summed E-state index contributed by atoms with van der Waals surface area (Å²) in [7, 11) is 3.32. The fourth-order valence-corrected chi connectivity index (χ4v) is 3.81. The van der Waals surface area contributed by atoms with Crippen LogP contribution in [0.5, 0.6) is 11.5 Å². The number of para-hydroxylation sites is 1. The zero-order valence-electron chi connectivity index (χ0n) is 17.4. The predicted octanol–water partition coefficient (Wildman–Crippen LogP) is 3.33. The van der Waals surface area contributed by atoms with Crippen molar-refractivity contribution in [2.75, 3.05) is 31.8 Å². The number of anilines is 3. The molecule has 8 nitrogen and oxygen atoms in total. The number of fused-ring (bicyclic) bond motifs is 1. The molecule has 1 aliphatic heterocycles. The van der Waals surface area contributed by atoms with Crippen LogP contribution in [-0.4, -0.2) is 40.6 Å². The minimum absolute atomic E-state index is 0.178. The van der Waals surface area contributed by atoms with Crippen LogP contribution < -0.4 is 20.5 Å². The van der Waals surface area contributed by atoms with Gasteiger partial charge in [-0.2, -0.15) is 15.0 Å². The molecule has 156 valence electrons. The van der Waals surface area contributed by atoms with E-state index in [4.69, 9.17) is 15.2 Å². The van der Waals surface area contributed by atoms with Crippen molar-refractivity contribution in [3.05, 3.63) is 59.4 Å². The minimum atomic E-state index is 0.178. The summed E-state index contributed by atoms with van der Waals surface area (Å²) in [4.78, 5) is 15.5. The van der Waals surface area contributed by atoms with Crippen LogP contribution in [0, 0.1) is 0 Å². The molecule has 1 atom stereocenters. The van der Waals surface area contributed by atoms with Gasteiger partial charge in [0, 0.05) is 18.3 Å². The van der Waals surface area contributed by atoms with Gasteiger partial charge >= 0.3 is 0 Å². The van der Waals surface area contributed by atoms with Crippen LogP contribution in [0.2, 0.25) is 0 Å². The maximum absolute atomic E-state index is 5.95. The molecule has 2 aromatic carbocycles. The highest BCUT2D eigenvalue weighted by Gasteiger charge is 2.26.